The zero-order valence-corrected chi connectivity index (χ0v) is 11.1. The highest BCUT2D eigenvalue weighted by atomic mass is 35.5. The summed E-state index contributed by atoms with van der Waals surface area (Å²) in [4.78, 5) is 20.4. The van der Waals surface area contributed by atoms with Gasteiger partial charge in [-0.05, 0) is 12.1 Å². The largest absolute Gasteiger partial charge is 0.378 e. The van der Waals surface area contributed by atoms with Crippen molar-refractivity contribution in [1.82, 2.24) is 15.3 Å². The Bertz CT molecular complexity index is 557. The normalized spacial score (nSPS) is 10.6. The lowest BCUT2D eigenvalue weighted by Crippen LogP contribution is -2.27. The highest BCUT2D eigenvalue weighted by molar-refractivity contribution is 6.17. The molecule has 6 heteroatoms. The predicted octanol–water partition coefficient (Wildman–Crippen LogP) is 1.61. The molecule has 0 bridgehead atoms. The maximum atomic E-state index is 12.0. The third-order valence-electron chi connectivity index (χ3n) is 2.50. The molecule has 0 aliphatic carbocycles. The van der Waals surface area contributed by atoms with E-state index in [4.69, 9.17) is 16.3 Å². The number of aromatic nitrogens is 2. The number of amides is 1. The van der Waals surface area contributed by atoms with Crippen LogP contribution in [-0.2, 0) is 4.74 Å². The van der Waals surface area contributed by atoms with Crippen LogP contribution >= 0.6 is 11.6 Å². The van der Waals surface area contributed by atoms with Gasteiger partial charge in [0.15, 0.2) is 0 Å². The standard InChI is InChI=1S/C13H14ClN3O2/c14-4-8-19-9-7-17-13(18)10-2-1-3-11-12(10)16-6-5-15-11/h1-3,5-6H,4,7-9H2,(H,17,18). The monoisotopic (exact) mass is 279 g/mol. The number of alkyl halides is 1. The number of fused-ring (bicyclic) bond motifs is 1. The molecule has 5 nitrogen and oxygen atoms in total. The van der Waals surface area contributed by atoms with Crippen molar-refractivity contribution in [3.8, 4) is 0 Å². The molecule has 2 aromatic rings. The summed E-state index contributed by atoms with van der Waals surface area (Å²) in [5, 5.41) is 2.78. The molecule has 0 radical (unpaired) electrons. The maximum Gasteiger partial charge on any atom is 0.253 e. The zero-order valence-electron chi connectivity index (χ0n) is 10.3. The van der Waals surface area contributed by atoms with Crippen LogP contribution in [0.3, 0.4) is 0 Å². The van der Waals surface area contributed by atoms with E-state index < -0.39 is 0 Å². The van der Waals surface area contributed by atoms with Crippen molar-refractivity contribution in [3.63, 3.8) is 0 Å². The van der Waals surface area contributed by atoms with E-state index in [1.807, 2.05) is 6.07 Å². The van der Waals surface area contributed by atoms with Crippen molar-refractivity contribution < 1.29 is 9.53 Å². The lowest BCUT2D eigenvalue weighted by molar-refractivity contribution is 0.0925. The third-order valence-corrected chi connectivity index (χ3v) is 2.65. The number of carbonyl (C=O) groups excluding carboxylic acids is 1. The number of nitrogens with one attached hydrogen (secondary N) is 1. The second-order valence-corrected chi connectivity index (χ2v) is 4.16. The Labute approximate surface area is 116 Å². The highest BCUT2D eigenvalue weighted by Crippen LogP contribution is 2.13. The average Bonchev–Trinajstić information content (AvgIpc) is 2.46. The Morgan fingerprint density at radius 3 is 2.95 bits per heavy atom. The molecule has 0 fully saturated rings. The molecular formula is C13H14ClN3O2. The molecule has 0 aliphatic heterocycles. The van der Waals surface area contributed by atoms with Crippen LogP contribution in [0.2, 0.25) is 0 Å². The quantitative estimate of drug-likeness (QED) is 0.645. The molecule has 0 atom stereocenters. The van der Waals surface area contributed by atoms with E-state index in [9.17, 15) is 4.79 Å². The molecule has 1 N–H and O–H groups in total. The van der Waals surface area contributed by atoms with Crippen LogP contribution in [0.4, 0.5) is 0 Å². The van der Waals surface area contributed by atoms with E-state index in [0.717, 1.165) is 0 Å². The Morgan fingerprint density at radius 2 is 2.11 bits per heavy atom. The first-order chi connectivity index (χ1) is 9.33. The molecule has 0 unspecified atom stereocenters. The molecule has 0 aliphatic rings. The summed E-state index contributed by atoms with van der Waals surface area (Å²) >= 11 is 5.48. The van der Waals surface area contributed by atoms with Crippen molar-refractivity contribution in [2.24, 2.45) is 0 Å². The van der Waals surface area contributed by atoms with Crippen LogP contribution in [-0.4, -0.2) is 41.5 Å². The Kier molecular flexibility index (Phi) is 5.06. The lowest BCUT2D eigenvalue weighted by Gasteiger charge is -2.07. The van der Waals surface area contributed by atoms with Crippen molar-refractivity contribution in [2.75, 3.05) is 25.6 Å². The first kappa shape index (κ1) is 13.7. The topological polar surface area (TPSA) is 64.1 Å². The SMILES string of the molecule is O=C(NCCOCCCl)c1cccc2nccnc12. The molecular weight excluding hydrogens is 266 g/mol. The van der Waals surface area contributed by atoms with Gasteiger partial charge in [0.25, 0.3) is 5.91 Å². The number of carbonyl (C=O) groups is 1. The first-order valence-electron chi connectivity index (χ1n) is 5.94. The van der Waals surface area contributed by atoms with Crippen LogP contribution in [0.15, 0.2) is 30.6 Å². The fourth-order valence-electron chi connectivity index (χ4n) is 1.66. The zero-order chi connectivity index (χ0) is 13.5. The minimum atomic E-state index is -0.180. The minimum absolute atomic E-state index is 0.180. The highest BCUT2D eigenvalue weighted by Gasteiger charge is 2.10. The number of nitrogens with zero attached hydrogens (tertiary/aromatic N) is 2. The van der Waals surface area contributed by atoms with Crippen molar-refractivity contribution in [1.29, 1.82) is 0 Å². The summed E-state index contributed by atoms with van der Waals surface area (Å²) in [6.45, 7) is 1.36. The number of benzene rings is 1. The molecule has 2 rings (SSSR count). The Balaban J connectivity index is 2.01. The smallest absolute Gasteiger partial charge is 0.253 e. The van der Waals surface area contributed by atoms with Gasteiger partial charge in [-0.3, -0.25) is 14.8 Å². The van der Waals surface area contributed by atoms with E-state index in [0.29, 0.717) is 42.2 Å². The number of halogens is 1. The van der Waals surface area contributed by atoms with E-state index in [1.54, 1.807) is 24.5 Å². The Morgan fingerprint density at radius 1 is 1.26 bits per heavy atom. The number of rotatable bonds is 6. The third kappa shape index (κ3) is 3.62. The number of hydrogen-bond acceptors (Lipinski definition) is 4. The van der Waals surface area contributed by atoms with Gasteiger partial charge in [0.1, 0.15) is 5.52 Å². The molecule has 0 saturated heterocycles. The van der Waals surface area contributed by atoms with Gasteiger partial charge in [0, 0.05) is 24.8 Å². The average molecular weight is 280 g/mol. The summed E-state index contributed by atoms with van der Waals surface area (Å²) in [7, 11) is 0. The molecule has 1 heterocycles. The second-order valence-electron chi connectivity index (χ2n) is 3.79. The van der Waals surface area contributed by atoms with Gasteiger partial charge in [-0.1, -0.05) is 6.07 Å². The van der Waals surface area contributed by atoms with E-state index in [2.05, 4.69) is 15.3 Å². The molecule has 19 heavy (non-hydrogen) atoms. The van der Waals surface area contributed by atoms with Gasteiger partial charge >= 0.3 is 0 Å². The van der Waals surface area contributed by atoms with Gasteiger partial charge in [-0.25, -0.2) is 0 Å². The molecule has 1 aromatic heterocycles. The molecule has 1 aromatic carbocycles. The van der Waals surface area contributed by atoms with E-state index in [1.165, 1.54) is 0 Å². The van der Waals surface area contributed by atoms with E-state index in [-0.39, 0.29) is 5.91 Å². The predicted molar refractivity (Wildman–Crippen MR) is 73.4 cm³/mol. The molecule has 1 amide bonds. The molecule has 100 valence electrons. The Hall–Kier alpha value is -1.72. The molecule has 0 spiro atoms. The minimum Gasteiger partial charge on any atom is -0.378 e. The van der Waals surface area contributed by atoms with Gasteiger partial charge in [-0.2, -0.15) is 0 Å². The van der Waals surface area contributed by atoms with Crippen molar-refractivity contribution in [2.45, 2.75) is 0 Å². The second kappa shape index (κ2) is 7.01. The van der Waals surface area contributed by atoms with Crippen LogP contribution < -0.4 is 5.32 Å². The van der Waals surface area contributed by atoms with Gasteiger partial charge in [-0.15, -0.1) is 11.6 Å². The van der Waals surface area contributed by atoms with Gasteiger partial charge in [0.2, 0.25) is 0 Å². The van der Waals surface area contributed by atoms with Crippen LogP contribution in [0, 0.1) is 0 Å². The van der Waals surface area contributed by atoms with Crippen LogP contribution in [0.25, 0.3) is 11.0 Å². The summed E-state index contributed by atoms with van der Waals surface area (Å²) in [6.07, 6.45) is 3.17. The lowest BCUT2D eigenvalue weighted by atomic mass is 10.1. The van der Waals surface area contributed by atoms with Crippen molar-refractivity contribution in [3.05, 3.63) is 36.2 Å². The fourth-order valence-corrected chi connectivity index (χ4v) is 1.77. The number of para-hydroxylation sites is 1. The van der Waals surface area contributed by atoms with Gasteiger partial charge < -0.3 is 10.1 Å². The van der Waals surface area contributed by atoms with Crippen LogP contribution in [0.1, 0.15) is 10.4 Å². The van der Waals surface area contributed by atoms with Gasteiger partial charge in [0.05, 0.1) is 24.3 Å². The van der Waals surface area contributed by atoms with E-state index >= 15 is 0 Å². The summed E-state index contributed by atoms with van der Waals surface area (Å²) in [6, 6.07) is 5.34. The number of hydrogen-bond donors (Lipinski definition) is 1. The maximum absolute atomic E-state index is 12.0. The van der Waals surface area contributed by atoms with Crippen molar-refractivity contribution >= 4 is 28.5 Å². The fraction of sp³-hybridized carbons (Fsp3) is 0.308. The van der Waals surface area contributed by atoms with Crippen LogP contribution in [0.5, 0.6) is 0 Å². The summed E-state index contributed by atoms with van der Waals surface area (Å²) < 4.78 is 5.18. The summed E-state index contributed by atoms with van der Waals surface area (Å²) in [5.74, 6) is 0.271. The summed E-state index contributed by atoms with van der Waals surface area (Å²) in [5.41, 5.74) is 1.82. The molecule has 0 saturated carbocycles. The number of ether oxygens (including phenoxy) is 1. The first-order valence-corrected chi connectivity index (χ1v) is 6.48.